The molecule has 0 spiro atoms. The van der Waals surface area contributed by atoms with Gasteiger partial charge in [-0.25, -0.2) is 8.42 Å². The van der Waals surface area contributed by atoms with E-state index >= 15 is 0 Å². The van der Waals surface area contributed by atoms with Crippen molar-refractivity contribution < 1.29 is 8.42 Å². The van der Waals surface area contributed by atoms with Crippen LogP contribution < -0.4 is 0 Å². The summed E-state index contributed by atoms with van der Waals surface area (Å²) in [5.41, 5.74) is 2.05. The predicted molar refractivity (Wildman–Crippen MR) is 107 cm³/mol. The van der Waals surface area contributed by atoms with Crippen LogP contribution in [0.15, 0.2) is 70.6 Å². The first kappa shape index (κ1) is 18.1. The molecule has 4 nitrogen and oxygen atoms in total. The summed E-state index contributed by atoms with van der Waals surface area (Å²) in [5, 5.41) is 0.870. The van der Waals surface area contributed by atoms with E-state index in [1.54, 1.807) is 30.3 Å². The summed E-state index contributed by atoms with van der Waals surface area (Å²) >= 11 is 0. The number of rotatable bonds is 4. The molecule has 1 fully saturated rings. The van der Waals surface area contributed by atoms with Crippen LogP contribution >= 0.6 is 0 Å². The van der Waals surface area contributed by atoms with Crippen molar-refractivity contribution in [3.63, 3.8) is 0 Å². The van der Waals surface area contributed by atoms with E-state index in [1.807, 2.05) is 18.2 Å². The van der Waals surface area contributed by atoms with Crippen LogP contribution in [0.5, 0.6) is 0 Å². The van der Waals surface area contributed by atoms with E-state index in [4.69, 9.17) is 0 Å². The van der Waals surface area contributed by atoms with Crippen LogP contribution in [0.3, 0.4) is 0 Å². The molecule has 0 aliphatic carbocycles. The fraction of sp³-hybridized carbons (Fsp3) is 0.318. The number of fused-ring (bicyclic) bond motifs is 1. The molecule has 1 aliphatic heterocycles. The Labute approximate surface area is 160 Å². The van der Waals surface area contributed by atoms with E-state index in [1.165, 1.54) is 19.0 Å². The quantitative estimate of drug-likeness (QED) is 0.677. The van der Waals surface area contributed by atoms with Gasteiger partial charge in [0.25, 0.3) is 0 Å². The Morgan fingerprint density at radius 3 is 2.67 bits per heavy atom. The van der Waals surface area contributed by atoms with Gasteiger partial charge in [0.1, 0.15) is 0 Å². The lowest BCUT2D eigenvalue weighted by molar-refractivity contribution is 0.177. The maximum absolute atomic E-state index is 12.9. The van der Waals surface area contributed by atoms with Gasteiger partial charge >= 0.3 is 0 Å². The zero-order valence-corrected chi connectivity index (χ0v) is 16.3. The molecule has 2 heterocycles. The largest absolute Gasteiger partial charge is 0.299 e. The van der Waals surface area contributed by atoms with Crippen LogP contribution in [0.4, 0.5) is 0 Å². The standard InChI is InChI=1S/C22H24N2O2S/c1-17-7-6-12-24(15-17)16-19-9-5-8-18-13-21(14-23-22(18)19)27(25,26)20-10-3-2-4-11-20/h2-5,8-11,13-14,17H,6-7,12,15-16H2,1H3. The summed E-state index contributed by atoms with van der Waals surface area (Å²) in [5.74, 6) is 0.726. The van der Waals surface area contributed by atoms with Gasteiger partial charge < -0.3 is 0 Å². The number of benzene rings is 2. The molecule has 0 bridgehead atoms. The topological polar surface area (TPSA) is 50.3 Å². The van der Waals surface area contributed by atoms with Crippen molar-refractivity contribution in [2.75, 3.05) is 13.1 Å². The van der Waals surface area contributed by atoms with Gasteiger partial charge in [-0.15, -0.1) is 0 Å². The number of hydrogen-bond acceptors (Lipinski definition) is 4. The van der Waals surface area contributed by atoms with E-state index in [0.29, 0.717) is 4.90 Å². The van der Waals surface area contributed by atoms with E-state index in [9.17, 15) is 8.42 Å². The Bertz CT molecular complexity index is 1050. The van der Waals surface area contributed by atoms with Crippen LogP contribution in [-0.2, 0) is 16.4 Å². The second-order valence-corrected chi connectivity index (χ2v) is 9.41. The van der Waals surface area contributed by atoms with Gasteiger partial charge in [0.2, 0.25) is 9.84 Å². The first-order valence-corrected chi connectivity index (χ1v) is 10.9. The summed E-state index contributed by atoms with van der Waals surface area (Å²) in [7, 11) is -3.55. The minimum atomic E-state index is -3.55. The molecule has 0 saturated carbocycles. The molecule has 3 aromatic rings. The average molecular weight is 381 g/mol. The molecule has 140 valence electrons. The summed E-state index contributed by atoms with van der Waals surface area (Å²) in [6.45, 7) is 5.38. The van der Waals surface area contributed by atoms with Crippen LogP contribution in [0.1, 0.15) is 25.3 Å². The number of piperidine rings is 1. The van der Waals surface area contributed by atoms with Crippen molar-refractivity contribution >= 4 is 20.7 Å². The molecule has 1 atom stereocenters. The first-order valence-electron chi connectivity index (χ1n) is 9.44. The second-order valence-electron chi connectivity index (χ2n) is 7.46. The summed E-state index contributed by atoms with van der Waals surface area (Å²) < 4.78 is 25.7. The maximum Gasteiger partial charge on any atom is 0.208 e. The van der Waals surface area contributed by atoms with Gasteiger partial charge in [0.15, 0.2) is 0 Å². The highest BCUT2D eigenvalue weighted by Crippen LogP contribution is 2.26. The van der Waals surface area contributed by atoms with Gasteiger partial charge in [-0.2, -0.15) is 0 Å². The number of para-hydroxylation sites is 1. The molecule has 1 unspecified atom stereocenters. The number of nitrogens with zero attached hydrogens (tertiary/aromatic N) is 2. The fourth-order valence-electron chi connectivity index (χ4n) is 3.89. The molecular weight excluding hydrogens is 356 g/mol. The molecule has 2 aromatic carbocycles. The van der Waals surface area contributed by atoms with Crippen LogP contribution in [0.2, 0.25) is 0 Å². The molecule has 0 amide bonds. The molecule has 4 rings (SSSR count). The SMILES string of the molecule is CC1CCCN(Cc2cccc3cc(S(=O)(=O)c4ccccc4)cnc23)C1. The first-order chi connectivity index (χ1) is 13.0. The third kappa shape index (κ3) is 3.75. The normalized spacial score (nSPS) is 18.6. The monoisotopic (exact) mass is 380 g/mol. The van der Waals surface area contributed by atoms with Crippen LogP contribution in [0, 0.1) is 5.92 Å². The highest BCUT2D eigenvalue weighted by atomic mass is 32.2. The molecular formula is C22H24N2O2S. The van der Waals surface area contributed by atoms with E-state index < -0.39 is 9.84 Å². The maximum atomic E-state index is 12.9. The molecule has 27 heavy (non-hydrogen) atoms. The van der Waals surface area contributed by atoms with Crippen molar-refractivity contribution in [3.05, 3.63) is 66.4 Å². The fourth-order valence-corrected chi connectivity index (χ4v) is 5.15. The molecule has 1 aliphatic rings. The summed E-state index contributed by atoms with van der Waals surface area (Å²) in [6, 6.07) is 16.3. The van der Waals surface area contributed by atoms with Gasteiger partial charge in [-0.3, -0.25) is 9.88 Å². The predicted octanol–water partition coefficient (Wildman–Crippen LogP) is 4.30. The molecule has 0 radical (unpaired) electrons. The van der Waals surface area contributed by atoms with E-state index in [2.05, 4.69) is 22.9 Å². The summed E-state index contributed by atoms with van der Waals surface area (Å²) in [4.78, 5) is 7.56. The lowest BCUT2D eigenvalue weighted by atomic mass is 9.99. The van der Waals surface area contributed by atoms with Gasteiger partial charge in [0.05, 0.1) is 15.3 Å². The number of aromatic nitrogens is 1. The van der Waals surface area contributed by atoms with E-state index in [0.717, 1.165) is 42.0 Å². The number of hydrogen-bond donors (Lipinski definition) is 0. The molecule has 1 aromatic heterocycles. The lowest BCUT2D eigenvalue weighted by Crippen LogP contribution is -2.33. The Kier molecular flexibility index (Phi) is 4.98. The Balaban J connectivity index is 1.68. The Morgan fingerprint density at radius 1 is 1.07 bits per heavy atom. The van der Waals surface area contributed by atoms with Crippen molar-refractivity contribution in [2.24, 2.45) is 5.92 Å². The highest BCUT2D eigenvalue weighted by molar-refractivity contribution is 7.91. The smallest absolute Gasteiger partial charge is 0.208 e. The molecule has 0 N–H and O–H groups in total. The third-order valence-electron chi connectivity index (χ3n) is 5.27. The minimum absolute atomic E-state index is 0.241. The zero-order chi connectivity index (χ0) is 18.9. The van der Waals surface area contributed by atoms with Crippen molar-refractivity contribution in [1.82, 2.24) is 9.88 Å². The summed E-state index contributed by atoms with van der Waals surface area (Å²) in [6.07, 6.45) is 4.02. The Morgan fingerprint density at radius 2 is 1.89 bits per heavy atom. The number of likely N-dealkylation sites (tertiary alicyclic amines) is 1. The minimum Gasteiger partial charge on any atom is -0.299 e. The van der Waals surface area contributed by atoms with Gasteiger partial charge in [0, 0.05) is 24.7 Å². The van der Waals surface area contributed by atoms with Crippen LogP contribution in [-0.4, -0.2) is 31.4 Å². The number of pyridine rings is 1. The Hall–Kier alpha value is -2.24. The molecule has 5 heteroatoms. The van der Waals surface area contributed by atoms with Crippen molar-refractivity contribution in [1.29, 1.82) is 0 Å². The number of sulfone groups is 1. The molecule has 1 saturated heterocycles. The highest BCUT2D eigenvalue weighted by Gasteiger charge is 2.20. The van der Waals surface area contributed by atoms with Gasteiger partial charge in [-0.1, -0.05) is 43.3 Å². The van der Waals surface area contributed by atoms with Crippen molar-refractivity contribution in [3.8, 4) is 0 Å². The third-order valence-corrected chi connectivity index (χ3v) is 7.00. The van der Waals surface area contributed by atoms with Gasteiger partial charge in [-0.05, 0) is 49.1 Å². The zero-order valence-electron chi connectivity index (χ0n) is 15.5. The second kappa shape index (κ2) is 7.41. The van der Waals surface area contributed by atoms with Crippen molar-refractivity contribution in [2.45, 2.75) is 36.1 Å². The van der Waals surface area contributed by atoms with Crippen LogP contribution in [0.25, 0.3) is 10.9 Å². The average Bonchev–Trinajstić information content (AvgIpc) is 2.68. The van der Waals surface area contributed by atoms with E-state index in [-0.39, 0.29) is 4.90 Å². The lowest BCUT2D eigenvalue weighted by Gasteiger charge is -2.31.